The van der Waals surface area contributed by atoms with Gasteiger partial charge in [-0.2, -0.15) is 0 Å². The second-order valence-electron chi connectivity index (χ2n) is 4.75. The van der Waals surface area contributed by atoms with Crippen molar-refractivity contribution in [2.45, 2.75) is 18.7 Å². The first kappa shape index (κ1) is 14.6. The molecule has 0 saturated carbocycles. The number of nitrogens with one attached hydrogen (secondary N) is 1. The summed E-state index contributed by atoms with van der Waals surface area (Å²) in [6.07, 6.45) is -4.33. The van der Waals surface area contributed by atoms with E-state index < -0.39 is 18.2 Å². The molecule has 1 aromatic carbocycles. The molecule has 2 atom stereocenters. The summed E-state index contributed by atoms with van der Waals surface area (Å²) in [4.78, 5) is 11.0. The molecule has 110 valence electrons. The molecule has 2 N–H and O–H groups in total. The summed E-state index contributed by atoms with van der Waals surface area (Å²) in [5.74, 6) is -1.85. The van der Waals surface area contributed by atoms with Crippen LogP contribution in [-0.4, -0.2) is 30.5 Å². The number of alkyl halides is 3. The molecule has 0 bridgehead atoms. The summed E-state index contributed by atoms with van der Waals surface area (Å²) in [5, 5.41) is 12.0. The van der Waals surface area contributed by atoms with Crippen LogP contribution in [0.15, 0.2) is 24.3 Å². The summed E-state index contributed by atoms with van der Waals surface area (Å²) in [5.41, 5.74) is 0.644. The van der Waals surface area contributed by atoms with Crippen LogP contribution in [0.4, 0.5) is 13.2 Å². The SMILES string of the molecule is O=C(O)C1CNCC(c2cccc(OC(F)(F)F)c2)C1. The molecule has 20 heavy (non-hydrogen) atoms. The first-order valence-corrected chi connectivity index (χ1v) is 6.14. The number of rotatable bonds is 3. The van der Waals surface area contributed by atoms with E-state index in [-0.39, 0.29) is 11.7 Å². The van der Waals surface area contributed by atoms with E-state index in [9.17, 15) is 18.0 Å². The highest BCUT2D eigenvalue weighted by Gasteiger charge is 2.32. The Morgan fingerprint density at radius 1 is 1.35 bits per heavy atom. The Bertz CT molecular complexity index is 490. The number of carboxylic acids is 1. The normalized spacial score (nSPS) is 23.4. The molecule has 0 aromatic heterocycles. The Balaban J connectivity index is 2.12. The number of ether oxygens (including phenoxy) is 1. The van der Waals surface area contributed by atoms with Gasteiger partial charge in [-0.3, -0.25) is 4.79 Å². The maximum absolute atomic E-state index is 12.2. The van der Waals surface area contributed by atoms with E-state index in [1.807, 2.05) is 0 Å². The number of hydrogen-bond donors (Lipinski definition) is 2. The molecule has 1 aliphatic heterocycles. The van der Waals surface area contributed by atoms with Crippen molar-refractivity contribution in [3.63, 3.8) is 0 Å². The minimum atomic E-state index is -4.73. The Morgan fingerprint density at radius 3 is 2.75 bits per heavy atom. The molecule has 0 spiro atoms. The van der Waals surface area contributed by atoms with Gasteiger partial charge < -0.3 is 15.2 Å². The quantitative estimate of drug-likeness (QED) is 0.897. The number of benzene rings is 1. The zero-order valence-corrected chi connectivity index (χ0v) is 10.5. The van der Waals surface area contributed by atoms with E-state index in [4.69, 9.17) is 5.11 Å². The van der Waals surface area contributed by atoms with Crippen LogP contribution >= 0.6 is 0 Å². The van der Waals surface area contributed by atoms with Gasteiger partial charge in [-0.05, 0) is 30.0 Å². The fraction of sp³-hybridized carbons (Fsp3) is 0.462. The van der Waals surface area contributed by atoms with Crippen molar-refractivity contribution in [2.75, 3.05) is 13.1 Å². The van der Waals surface area contributed by atoms with Crippen LogP contribution in [0, 0.1) is 5.92 Å². The lowest BCUT2D eigenvalue weighted by Crippen LogP contribution is -2.38. The lowest BCUT2D eigenvalue weighted by Gasteiger charge is -2.28. The smallest absolute Gasteiger partial charge is 0.481 e. The molecule has 1 heterocycles. The standard InChI is InChI=1S/C13H14F3NO3/c14-13(15,16)20-11-3-1-2-8(5-11)9-4-10(12(18)19)7-17-6-9/h1-3,5,9-10,17H,4,6-7H2,(H,18,19). The molecular formula is C13H14F3NO3. The minimum absolute atomic E-state index is 0.137. The zero-order valence-electron chi connectivity index (χ0n) is 10.5. The molecular weight excluding hydrogens is 275 g/mol. The summed E-state index contributed by atoms with van der Waals surface area (Å²) in [6.45, 7) is 0.920. The first-order chi connectivity index (χ1) is 9.35. The van der Waals surface area contributed by atoms with Crippen molar-refractivity contribution < 1.29 is 27.8 Å². The van der Waals surface area contributed by atoms with Crippen LogP contribution < -0.4 is 10.1 Å². The lowest BCUT2D eigenvalue weighted by molar-refractivity contribution is -0.274. The molecule has 2 unspecified atom stereocenters. The fourth-order valence-corrected chi connectivity index (χ4v) is 2.35. The first-order valence-electron chi connectivity index (χ1n) is 6.14. The number of carboxylic acid groups (broad SMARTS) is 1. The van der Waals surface area contributed by atoms with E-state index in [1.165, 1.54) is 18.2 Å². The second kappa shape index (κ2) is 5.70. The molecule has 0 aliphatic carbocycles. The number of aliphatic carboxylic acids is 1. The molecule has 4 nitrogen and oxygen atoms in total. The summed E-state index contributed by atoms with van der Waals surface area (Å²) >= 11 is 0. The van der Waals surface area contributed by atoms with Gasteiger partial charge in [0.05, 0.1) is 5.92 Å². The molecule has 7 heteroatoms. The van der Waals surface area contributed by atoms with E-state index >= 15 is 0 Å². The number of hydrogen-bond acceptors (Lipinski definition) is 3. The fourth-order valence-electron chi connectivity index (χ4n) is 2.35. The highest BCUT2D eigenvalue weighted by Crippen LogP contribution is 2.30. The molecule has 1 fully saturated rings. The maximum atomic E-state index is 12.2. The summed E-state index contributed by atoms with van der Waals surface area (Å²) < 4.78 is 40.4. The van der Waals surface area contributed by atoms with Crippen LogP contribution in [0.25, 0.3) is 0 Å². The summed E-state index contributed by atoms with van der Waals surface area (Å²) in [7, 11) is 0. The topological polar surface area (TPSA) is 58.6 Å². The Kier molecular flexibility index (Phi) is 4.17. The van der Waals surface area contributed by atoms with Crippen molar-refractivity contribution >= 4 is 5.97 Å². The van der Waals surface area contributed by atoms with Crippen molar-refractivity contribution in [3.8, 4) is 5.75 Å². The van der Waals surface area contributed by atoms with E-state index in [2.05, 4.69) is 10.1 Å². The van der Waals surface area contributed by atoms with Gasteiger partial charge in [-0.15, -0.1) is 13.2 Å². The molecule has 1 saturated heterocycles. The van der Waals surface area contributed by atoms with Gasteiger partial charge in [0.2, 0.25) is 0 Å². The van der Waals surface area contributed by atoms with Gasteiger partial charge >= 0.3 is 12.3 Å². The molecule has 0 amide bonds. The van der Waals surface area contributed by atoms with Gasteiger partial charge in [0.1, 0.15) is 5.75 Å². The third-order valence-corrected chi connectivity index (χ3v) is 3.26. The van der Waals surface area contributed by atoms with Crippen LogP contribution in [0.3, 0.4) is 0 Å². The van der Waals surface area contributed by atoms with Crippen molar-refractivity contribution in [3.05, 3.63) is 29.8 Å². The number of carbonyl (C=O) groups is 1. The van der Waals surface area contributed by atoms with E-state index in [1.54, 1.807) is 6.07 Å². The van der Waals surface area contributed by atoms with Crippen LogP contribution in [0.5, 0.6) is 5.75 Å². The number of piperidine rings is 1. The molecule has 0 radical (unpaired) electrons. The molecule has 2 rings (SSSR count). The van der Waals surface area contributed by atoms with Crippen LogP contribution in [0.1, 0.15) is 17.9 Å². The van der Waals surface area contributed by atoms with Gasteiger partial charge in [-0.1, -0.05) is 12.1 Å². The van der Waals surface area contributed by atoms with Crippen molar-refractivity contribution in [1.82, 2.24) is 5.32 Å². The van der Waals surface area contributed by atoms with Gasteiger partial charge in [0, 0.05) is 13.1 Å². The van der Waals surface area contributed by atoms with Gasteiger partial charge in [-0.25, -0.2) is 0 Å². The monoisotopic (exact) mass is 289 g/mol. The third kappa shape index (κ3) is 3.86. The maximum Gasteiger partial charge on any atom is 0.573 e. The highest BCUT2D eigenvalue weighted by atomic mass is 19.4. The van der Waals surface area contributed by atoms with E-state index in [0.717, 1.165) is 0 Å². The number of halogens is 3. The summed E-state index contributed by atoms with van der Waals surface area (Å²) in [6, 6.07) is 5.69. The van der Waals surface area contributed by atoms with Crippen LogP contribution in [-0.2, 0) is 4.79 Å². The van der Waals surface area contributed by atoms with E-state index in [0.29, 0.717) is 25.1 Å². The largest absolute Gasteiger partial charge is 0.573 e. The minimum Gasteiger partial charge on any atom is -0.481 e. The Hall–Kier alpha value is -1.76. The second-order valence-corrected chi connectivity index (χ2v) is 4.75. The zero-order chi connectivity index (χ0) is 14.8. The predicted octanol–water partition coefficient (Wildman–Crippen LogP) is 2.36. The molecule has 1 aromatic rings. The Morgan fingerprint density at radius 2 is 2.10 bits per heavy atom. The van der Waals surface area contributed by atoms with Crippen LogP contribution in [0.2, 0.25) is 0 Å². The lowest BCUT2D eigenvalue weighted by atomic mass is 9.85. The van der Waals surface area contributed by atoms with Gasteiger partial charge in [0.25, 0.3) is 0 Å². The third-order valence-electron chi connectivity index (χ3n) is 3.26. The predicted molar refractivity (Wildman–Crippen MR) is 64.5 cm³/mol. The highest BCUT2D eigenvalue weighted by molar-refractivity contribution is 5.70. The van der Waals surface area contributed by atoms with Gasteiger partial charge in [0.15, 0.2) is 0 Å². The Labute approximate surface area is 113 Å². The average molecular weight is 289 g/mol. The van der Waals surface area contributed by atoms with Crippen molar-refractivity contribution in [2.24, 2.45) is 5.92 Å². The molecule has 1 aliphatic rings. The average Bonchev–Trinajstić information content (AvgIpc) is 2.37. The van der Waals surface area contributed by atoms with Crippen molar-refractivity contribution in [1.29, 1.82) is 0 Å².